The molecule has 0 aromatic heterocycles. The van der Waals surface area contributed by atoms with Gasteiger partial charge in [0.2, 0.25) is 5.96 Å². The summed E-state index contributed by atoms with van der Waals surface area (Å²) in [6.45, 7) is 24.9. The number of aliphatic hydroxyl groups is 1. The second kappa shape index (κ2) is 17.2. The Hall–Kier alpha value is -3.29. The number of nitrogens with one attached hydrogen (secondary N) is 2. The van der Waals surface area contributed by atoms with Crippen molar-refractivity contribution in [3.05, 3.63) is 71.5 Å². The molecule has 1 aromatic rings. The number of carbonyl (C=O) groups excluding carboxylic acids is 1. The summed E-state index contributed by atoms with van der Waals surface area (Å²) in [6, 6.07) is 5.33. The monoisotopic (exact) mass is 513 g/mol. The van der Waals surface area contributed by atoms with E-state index in [1.165, 1.54) is 6.42 Å². The van der Waals surface area contributed by atoms with E-state index in [0.29, 0.717) is 23.5 Å². The summed E-state index contributed by atoms with van der Waals surface area (Å²) in [5.41, 5.74) is 4.02. The smallest absolute Gasteiger partial charge is 0.251 e. The minimum absolute atomic E-state index is 0. The van der Waals surface area contributed by atoms with E-state index in [1.54, 1.807) is 24.3 Å². The van der Waals surface area contributed by atoms with Gasteiger partial charge in [-0.1, -0.05) is 71.1 Å². The van der Waals surface area contributed by atoms with E-state index in [2.05, 4.69) is 73.1 Å². The molecule has 0 atom stereocenters. The number of aliphatic imine (C=N–C) groups is 2. The maximum Gasteiger partial charge on any atom is 0.251 e. The third kappa shape index (κ3) is 14.8. The Kier molecular flexibility index (Phi) is 15.7. The third-order valence-corrected chi connectivity index (χ3v) is 4.67. The van der Waals surface area contributed by atoms with E-state index in [-0.39, 0.29) is 26.7 Å². The van der Waals surface area contributed by atoms with Crippen LogP contribution in [0.5, 0.6) is 0 Å². The summed E-state index contributed by atoms with van der Waals surface area (Å²) in [5.74, 6) is 0.0602. The van der Waals surface area contributed by atoms with Gasteiger partial charge in [0, 0.05) is 27.2 Å². The van der Waals surface area contributed by atoms with Crippen molar-refractivity contribution in [3.8, 4) is 0 Å². The van der Waals surface area contributed by atoms with Crippen LogP contribution >= 0.6 is 0 Å². The lowest BCUT2D eigenvalue weighted by molar-refractivity contribution is 0.0929. The van der Waals surface area contributed by atoms with Crippen molar-refractivity contribution in [3.63, 3.8) is 0 Å². The Morgan fingerprint density at radius 1 is 1.19 bits per heavy atom. The number of hydrogen-bond acceptors (Lipinski definition) is 4. The maximum absolute atomic E-state index is 13.0. The standard InChI is InChI=1S/C27H39N5O2.C3H8.2H2/c1-19(2)13-20(3)21(4)30-26(28-7)31-24-15-22(11-10-12-33)14-23(16-24)25(34)29-17-27(5,6)18-32(8)9;1-3-2;;/h10-11,13-16,33H,1,4,7,12,17-18H2,2-3,5-6,8-9H3,(H,29,34)(H,30,31);3H2,1-2H3;2*1H/b11-10+,20-13+;;;. The summed E-state index contributed by atoms with van der Waals surface area (Å²) in [5, 5.41) is 15.3. The minimum atomic E-state index is -0.191. The second-order valence-electron chi connectivity index (χ2n) is 10.1. The number of rotatable bonds is 11. The highest BCUT2D eigenvalue weighted by molar-refractivity contribution is 6.00. The molecule has 0 radical (unpaired) electrons. The predicted octanol–water partition coefficient (Wildman–Crippen LogP) is 6.42. The molecule has 0 unspecified atom stereocenters. The number of hydrogen-bond donors (Lipinski definition) is 3. The number of carbonyl (C=O) groups is 1. The fraction of sp³-hybridized carbons (Fsp3) is 0.433. The molecule has 37 heavy (non-hydrogen) atoms. The largest absolute Gasteiger partial charge is 0.392 e. The summed E-state index contributed by atoms with van der Waals surface area (Å²) >= 11 is 0. The number of anilines is 1. The van der Waals surface area contributed by atoms with Gasteiger partial charge in [-0.05, 0) is 69.4 Å². The molecule has 1 amide bonds. The summed E-state index contributed by atoms with van der Waals surface area (Å²) < 4.78 is 0. The van der Waals surface area contributed by atoms with Crippen LogP contribution in [0.3, 0.4) is 0 Å². The molecule has 208 valence electrons. The van der Waals surface area contributed by atoms with Crippen LogP contribution in [0.25, 0.3) is 6.08 Å². The van der Waals surface area contributed by atoms with Gasteiger partial charge in [0.1, 0.15) is 0 Å². The molecule has 0 heterocycles. The zero-order chi connectivity index (χ0) is 28.6. The van der Waals surface area contributed by atoms with Crippen molar-refractivity contribution in [1.82, 2.24) is 10.2 Å². The molecule has 7 nitrogen and oxygen atoms in total. The highest BCUT2D eigenvalue weighted by Crippen LogP contribution is 2.19. The maximum atomic E-state index is 13.0. The Bertz CT molecular complexity index is 1030. The molecule has 0 aliphatic carbocycles. The fourth-order valence-electron chi connectivity index (χ4n) is 3.37. The van der Waals surface area contributed by atoms with Gasteiger partial charge in [-0.3, -0.25) is 4.79 Å². The summed E-state index contributed by atoms with van der Waals surface area (Å²) in [4.78, 5) is 23.4. The molecular weight excluding hydrogens is 462 g/mol. The first-order chi connectivity index (χ1) is 17.3. The topological polar surface area (TPSA) is 89.3 Å². The molecule has 7 heteroatoms. The summed E-state index contributed by atoms with van der Waals surface area (Å²) in [7, 11) is 4.02. The molecule has 0 saturated heterocycles. The number of guanidine groups is 1. The number of amides is 1. The molecule has 1 aromatic carbocycles. The number of allylic oxidation sites excluding steroid dienone is 3. The molecule has 0 bridgehead atoms. The predicted molar refractivity (Wildman–Crippen MR) is 166 cm³/mol. The van der Waals surface area contributed by atoms with Crippen LogP contribution in [0.4, 0.5) is 5.69 Å². The van der Waals surface area contributed by atoms with Crippen molar-refractivity contribution in [2.24, 2.45) is 15.4 Å². The molecule has 0 aliphatic rings. The molecule has 0 saturated carbocycles. The van der Waals surface area contributed by atoms with Crippen molar-refractivity contribution in [1.29, 1.82) is 0 Å². The first-order valence-electron chi connectivity index (χ1n) is 12.5. The third-order valence-electron chi connectivity index (χ3n) is 4.67. The van der Waals surface area contributed by atoms with Gasteiger partial charge in [0.15, 0.2) is 0 Å². The second-order valence-corrected chi connectivity index (χ2v) is 10.1. The Balaban J connectivity index is -0.00000247. The van der Waals surface area contributed by atoms with Gasteiger partial charge in [-0.25, -0.2) is 9.98 Å². The SMILES string of the molecule is C=NC(=NC(=C)/C(C)=C/C(=C)C)Nc1cc(/C=C/CO)cc(C(=O)NCC(C)(C)CN(C)C)c1.CCC.[HH].[HH]. The van der Waals surface area contributed by atoms with Crippen molar-refractivity contribution >= 4 is 30.3 Å². The lowest BCUT2D eigenvalue weighted by atomic mass is 9.93. The van der Waals surface area contributed by atoms with Crippen molar-refractivity contribution in [2.45, 2.75) is 48.0 Å². The first-order valence-corrected chi connectivity index (χ1v) is 12.5. The van der Waals surface area contributed by atoms with E-state index < -0.39 is 0 Å². The lowest BCUT2D eigenvalue weighted by Crippen LogP contribution is -2.40. The quantitative estimate of drug-likeness (QED) is 0.181. The van der Waals surface area contributed by atoms with E-state index in [1.807, 2.05) is 40.1 Å². The van der Waals surface area contributed by atoms with Crippen molar-refractivity contribution in [2.75, 3.05) is 39.1 Å². The molecule has 0 fully saturated rings. The van der Waals surface area contributed by atoms with Crippen LogP contribution in [-0.2, 0) is 0 Å². The van der Waals surface area contributed by atoms with Crippen LogP contribution in [-0.4, -0.2) is 62.4 Å². The Morgan fingerprint density at radius 2 is 1.81 bits per heavy atom. The van der Waals surface area contributed by atoms with Crippen LogP contribution in [0.2, 0.25) is 0 Å². The number of benzene rings is 1. The Labute approximate surface area is 227 Å². The Morgan fingerprint density at radius 3 is 2.32 bits per heavy atom. The lowest BCUT2D eigenvalue weighted by Gasteiger charge is -2.28. The van der Waals surface area contributed by atoms with Crippen LogP contribution in [0, 0.1) is 5.41 Å². The minimum Gasteiger partial charge on any atom is -0.392 e. The zero-order valence-corrected chi connectivity index (χ0v) is 24.1. The first kappa shape index (κ1) is 33.7. The molecule has 1 rings (SSSR count). The molecular formula is C30H51N5O2. The summed E-state index contributed by atoms with van der Waals surface area (Å²) in [6.07, 6.45) is 6.48. The zero-order valence-electron chi connectivity index (χ0n) is 24.1. The van der Waals surface area contributed by atoms with Crippen LogP contribution < -0.4 is 10.6 Å². The van der Waals surface area contributed by atoms with Gasteiger partial charge in [-0.2, -0.15) is 0 Å². The van der Waals surface area contributed by atoms with E-state index in [4.69, 9.17) is 5.11 Å². The van der Waals surface area contributed by atoms with Gasteiger partial charge < -0.3 is 20.6 Å². The highest BCUT2D eigenvalue weighted by atomic mass is 16.2. The van der Waals surface area contributed by atoms with Gasteiger partial charge >= 0.3 is 0 Å². The average Bonchev–Trinajstić information content (AvgIpc) is 2.79. The van der Waals surface area contributed by atoms with E-state index >= 15 is 0 Å². The van der Waals surface area contributed by atoms with Crippen molar-refractivity contribution < 1.29 is 12.8 Å². The van der Waals surface area contributed by atoms with E-state index in [9.17, 15) is 4.79 Å². The number of aliphatic hydroxyl groups excluding tert-OH is 1. The van der Waals surface area contributed by atoms with Crippen LogP contribution in [0.1, 0.15) is 66.7 Å². The van der Waals surface area contributed by atoms with Gasteiger partial charge in [0.05, 0.1) is 12.3 Å². The molecule has 0 aliphatic heterocycles. The molecule has 3 N–H and O–H groups in total. The normalized spacial score (nSPS) is 12.2. The van der Waals surface area contributed by atoms with E-state index in [0.717, 1.165) is 23.3 Å². The number of nitrogens with zero attached hydrogens (tertiary/aromatic N) is 3. The average molecular weight is 514 g/mol. The van der Waals surface area contributed by atoms with Gasteiger partial charge in [-0.15, -0.1) is 0 Å². The fourth-order valence-corrected chi connectivity index (χ4v) is 3.37. The van der Waals surface area contributed by atoms with Crippen LogP contribution in [0.15, 0.2) is 70.3 Å². The molecule has 0 spiro atoms. The van der Waals surface area contributed by atoms with Gasteiger partial charge in [0.25, 0.3) is 5.91 Å². The highest BCUT2D eigenvalue weighted by Gasteiger charge is 2.20.